The van der Waals surface area contributed by atoms with Gasteiger partial charge in [-0.2, -0.15) is 23.5 Å². The van der Waals surface area contributed by atoms with Crippen molar-refractivity contribution in [3.8, 4) is 17.2 Å². The van der Waals surface area contributed by atoms with E-state index in [0.29, 0.717) is 31.5 Å². The molecule has 1 aromatic carbocycles. The van der Waals surface area contributed by atoms with E-state index in [1.807, 2.05) is 6.92 Å². The molecule has 39 heavy (non-hydrogen) atoms. The molecular formula is C26H32F3N5O4S. The van der Waals surface area contributed by atoms with E-state index in [2.05, 4.69) is 21.4 Å². The Hall–Kier alpha value is -2.95. The topological polar surface area (TPSA) is 117 Å². The van der Waals surface area contributed by atoms with E-state index in [4.69, 9.17) is 4.74 Å². The average molecular weight is 568 g/mol. The Balaban J connectivity index is 1.59. The van der Waals surface area contributed by atoms with Gasteiger partial charge in [-0.1, -0.05) is 13.0 Å². The molecule has 0 unspecified atom stereocenters. The predicted octanol–water partition coefficient (Wildman–Crippen LogP) is 3.17. The van der Waals surface area contributed by atoms with Crippen LogP contribution in [0.25, 0.3) is 11.1 Å². The second kappa shape index (κ2) is 10.9. The smallest absolute Gasteiger partial charge is 0.381 e. The largest absolute Gasteiger partial charge is 0.417 e. The van der Waals surface area contributed by atoms with Crippen LogP contribution in [-0.4, -0.2) is 72.6 Å². The Kier molecular flexibility index (Phi) is 8.12. The van der Waals surface area contributed by atoms with Gasteiger partial charge in [0.1, 0.15) is 5.54 Å². The number of piperidine rings is 1. The van der Waals surface area contributed by atoms with Crippen LogP contribution in [-0.2, 0) is 32.6 Å². The van der Waals surface area contributed by atoms with Crippen LogP contribution >= 0.6 is 0 Å². The Bertz CT molecular complexity index is 1360. The molecule has 0 radical (unpaired) electrons. The number of benzene rings is 1. The summed E-state index contributed by atoms with van der Waals surface area (Å²) in [6.07, 6.45) is -2.32. The van der Waals surface area contributed by atoms with Gasteiger partial charge in [-0.05, 0) is 49.9 Å². The van der Waals surface area contributed by atoms with Crippen molar-refractivity contribution in [1.29, 1.82) is 5.26 Å². The van der Waals surface area contributed by atoms with Crippen LogP contribution in [0, 0.1) is 17.2 Å². The van der Waals surface area contributed by atoms with Crippen molar-refractivity contribution in [2.24, 2.45) is 13.0 Å². The summed E-state index contributed by atoms with van der Waals surface area (Å²) in [5, 5.41) is 15.4. The van der Waals surface area contributed by atoms with E-state index in [1.54, 1.807) is 7.05 Å². The maximum Gasteiger partial charge on any atom is 0.417 e. The number of carbonyl (C=O) groups is 1. The number of alkyl halides is 3. The lowest BCUT2D eigenvalue weighted by atomic mass is 9.88. The molecule has 0 spiro atoms. The van der Waals surface area contributed by atoms with Crippen molar-refractivity contribution in [1.82, 2.24) is 20.0 Å². The number of nitrogens with zero attached hydrogens (tertiary/aromatic N) is 4. The molecule has 1 N–H and O–H groups in total. The predicted molar refractivity (Wildman–Crippen MR) is 136 cm³/mol. The van der Waals surface area contributed by atoms with Crippen molar-refractivity contribution in [3.63, 3.8) is 0 Å². The number of carbonyl (C=O) groups excluding carboxylic acids is 1. The molecule has 2 aromatic rings. The lowest BCUT2D eigenvalue weighted by Crippen LogP contribution is -2.56. The second-order valence-corrected chi connectivity index (χ2v) is 12.4. The molecule has 1 saturated heterocycles. The molecule has 1 amide bonds. The van der Waals surface area contributed by atoms with Gasteiger partial charge in [0.25, 0.3) is 0 Å². The number of halogens is 3. The first-order valence-electron chi connectivity index (χ1n) is 12.8. The molecule has 1 aliphatic carbocycles. The molecule has 1 aliphatic heterocycles. The molecular weight excluding hydrogens is 535 g/mol. The summed E-state index contributed by atoms with van der Waals surface area (Å²) < 4.78 is 76.4. The average Bonchev–Trinajstić information content (AvgIpc) is 3.55. The van der Waals surface area contributed by atoms with Crippen LogP contribution in [0.1, 0.15) is 38.2 Å². The molecule has 13 heteroatoms. The van der Waals surface area contributed by atoms with Gasteiger partial charge < -0.3 is 15.0 Å². The number of nitriles is 1. The highest BCUT2D eigenvalue weighted by Crippen LogP contribution is 2.42. The molecule has 2 fully saturated rings. The number of aryl methyl sites for hydroxylation is 1. The number of ether oxygens (including phenoxy) is 1. The monoisotopic (exact) mass is 567 g/mol. The van der Waals surface area contributed by atoms with Gasteiger partial charge in [0.2, 0.25) is 5.91 Å². The quantitative estimate of drug-likeness (QED) is 0.546. The van der Waals surface area contributed by atoms with E-state index in [-0.39, 0.29) is 18.4 Å². The summed E-state index contributed by atoms with van der Waals surface area (Å²) in [5.74, 6) is -1.44. The highest BCUT2D eigenvalue weighted by Gasteiger charge is 2.49. The van der Waals surface area contributed by atoms with Crippen LogP contribution in [0.3, 0.4) is 0 Å². The van der Waals surface area contributed by atoms with E-state index < -0.39 is 55.2 Å². The zero-order valence-corrected chi connectivity index (χ0v) is 22.8. The summed E-state index contributed by atoms with van der Waals surface area (Å²) >= 11 is 0. The van der Waals surface area contributed by atoms with E-state index >= 15 is 0 Å². The molecule has 0 bridgehead atoms. The SMILES string of the molecule is CCN1CCC(C#N)(NC(=O)[C@@H]2C[C@@H](S(=O)(=O)c3ccc(-c4cnn(C)c4)cc3C(F)(F)F)C[C@H]2OC)CC1. The third-order valence-corrected chi connectivity index (χ3v) is 10.1. The molecule has 4 rings (SSSR count). The maximum atomic E-state index is 14.1. The molecule has 3 atom stereocenters. The Morgan fingerprint density at radius 1 is 1.26 bits per heavy atom. The Morgan fingerprint density at radius 2 is 1.95 bits per heavy atom. The molecule has 1 saturated carbocycles. The van der Waals surface area contributed by atoms with Crippen molar-refractivity contribution in [2.45, 2.75) is 60.6 Å². The first kappa shape index (κ1) is 29.0. The standard InChI is InChI=1S/C26H32F3N5O4S/c1-4-34-9-7-25(16-30,8-10-34)32-24(35)20-12-19(13-22(20)38-3)39(36,37)23-6-5-17(11-21(23)26(27,28)29)18-14-31-33(2)15-18/h5-6,11,14-15,19-20,22H,4,7-10,12-13H2,1-3H3,(H,32,35)/t19-,20-,22-/m1/s1. The van der Waals surface area contributed by atoms with Gasteiger partial charge in [0.05, 0.1) is 40.0 Å². The van der Waals surface area contributed by atoms with Crippen LogP contribution in [0.5, 0.6) is 0 Å². The van der Waals surface area contributed by atoms with Gasteiger partial charge in [0.15, 0.2) is 9.84 Å². The summed E-state index contributed by atoms with van der Waals surface area (Å²) in [6, 6.07) is 5.33. The zero-order valence-electron chi connectivity index (χ0n) is 22.0. The zero-order chi connectivity index (χ0) is 28.6. The fourth-order valence-electron chi connectivity index (χ4n) is 5.52. The number of nitrogens with one attached hydrogen (secondary N) is 1. The third kappa shape index (κ3) is 5.83. The van der Waals surface area contributed by atoms with Crippen LogP contribution in [0.15, 0.2) is 35.5 Å². The second-order valence-electron chi connectivity index (χ2n) is 10.2. The minimum absolute atomic E-state index is 0.137. The molecule has 9 nitrogen and oxygen atoms in total. The van der Waals surface area contributed by atoms with Crippen LogP contribution < -0.4 is 5.32 Å². The van der Waals surface area contributed by atoms with E-state index in [1.165, 1.54) is 30.3 Å². The van der Waals surface area contributed by atoms with Gasteiger partial charge in [0, 0.05) is 39.0 Å². The number of likely N-dealkylation sites (tertiary alicyclic amines) is 1. The summed E-state index contributed by atoms with van der Waals surface area (Å²) in [4.78, 5) is 14.6. The number of hydrogen-bond acceptors (Lipinski definition) is 7. The van der Waals surface area contributed by atoms with Gasteiger partial charge >= 0.3 is 6.18 Å². The maximum absolute atomic E-state index is 14.1. The van der Waals surface area contributed by atoms with E-state index in [9.17, 15) is 31.6 Å². The fourth-order valence-corrected chi connectivity index (χ4v) is 7.52. The number of rotatable bonds is 7. The van der Waals surface area contributed by atoms with Gasteiger partial charge in [-0.25, -0.2) is 8.42 Å². The summed E-state index contributed by atoms with van der Waals surface area (Å²) in [6.45, 7) is 4.10. The number of hydrogen-bond donors (Lipinski definition) is 1. The van der Waals surface area contributed by atoms with Crippen molar-refractivity contribution in [3.05, 3.63) is 36.2 Å². The number of aromatic nitrogens is 2. The van der Waals surface area contributed by atoms with Gasteiger partial charge in [-0.3, -0.25) is 9.48 Å². The summed E-state index contributed by atoms with van der Waals surface area (Å²) in [7, 11) is -1.53. The minimum Gasteiger partial charge on any atom is -0.381 e. The van der Waals surface area contributed by atoms with Gasteiger partial charge in [-0.15, -0.1) is 0 Å². The van der Waals surface area contributed by atoms with Crippen molar-refractivity contribution < 1.29 is 31.1 Å². The molecule has 1 aromatic heterocycles. The van der Waals surface area contributed by atoms with Crippen molar-refractivity contribution in [2.75, 3.05) is 26.7 Å². The summed E-state index contributed by atoms with van der Waals surface area (Å²) in [5.41, 5.74) is -1.75. The number of amides is 1. The molecule has 212 valence electrons. The lowest BCUT2D eigenvalue weighted by molar-refractivity contribution is -0.139. The minimum atomic E-state index is -4.93. The highest BCUT2D eigenvalue weighted by atomic mass is 32.2. The molecule has 2 aliphatic rings. The Morgan fingerprint density at radius 3 is 2.49 bits per heavy atom. The highest BCUT2D eigenvalue weighted by molar-refractivity contribution is 7.92. The third-order valence-electron chi connectivity index (χ3n) is 7.90. The molecule has 2 heterocycles. The normalized spacial score (nSPS) is 23.9. The number of sulfone groups is 1. The van der Waals surface area contributed by atoms with E-state index in [0.717, 1.165) is 18.7 Å². The number of methoxy groups -OCH3 is 1. The first-order valence-corrected chi connectivity index (χ1v) is 14.3. The lowest BCUT2D eigenvalue weighted by Gasteiger charge is -2.38. The van der Waals surface area contributed by atoms with Crippen molar-refractivity contribution >= 4 is 15.7 Å². The fraction of sp³-hybridized carbons (Fsp3) is 0.577. The Labute approximate surface area is 225 Å². The van der Waals surface area contributed by atoms with Crippen LogP contribution in [0.2, 0.25) is 0 Å². The first-order chi connectivity index (χ1) is 18.3. The van der Waals surface area contributed by atoms with Crippen LogP contribution in [0.4, 0.5) is 13.2 Å².